The minimum Gasteiger partial charge on any atom is -0.497 e. The van der Waals surface area contributed by atoms with Crippen molar-refractivity contribution in [3.05, 3.63) is 47.0 Å². The zero-order chi connectivity index (χ0) is 20.8. The molecule has 1 heterocycles. The average molecular weight is 413 g/mol. The molecule has 152 valence electrons. The molecule has 0 radical (unpaired) electrons. The maximum Gasteiger partial charge on any atom is 0.253 e. The molecular formula is C21H23N3O4S. The van der Waals surface area contributed by atoms with Crippen LogP contribution in [-0.4, -0.2) is 38.9 Å². The molecule has 0 aliphatic carbocycles. The summed E-state index contributed by atoms with van der Waals surface area (Å²) in [5.41, 5.74) is 0.822. The number of anilines is 1. The van der Waals surface area contributed by atoms with Crippen molar-refractivity contribution < 1.29 is 19.0 Å². The van der Waals surface area contributed by atoms with E-state index < -0.39 is 0 Å². The van der Waals surface area contributed by atoms with Gasteiger partial charge in [0.05, 0.1) is 27.2 Å². The first kappa shape index (κ1) is 20.6. The molecule has 1 aliphatic heterocycles. The number of nitrogens with one attached hydrogen (secondary N) is 2. The van der Waals surface area contributed by atoms with Crippen molar-refractivity contribution in [2.45, 2.75) is 6.42 Å². The maximum absolute atomic E-state index is 12.5. The first-order chi connectivity index (χ1) is 14.0. The second-order valence-corrected chi connectivity index (χ2v) is 6.77. The van der Waals surface area contributed by atoms with Crippen LogP contribution in [0.2, 0.25) is 0 Å². The van der Waals surface area contributed by atoms with Crippen LogP contribution in [0.15, 0.2) is 41.4 Å². The fraction of sp³-hybridized carbons (Fsp3) is 0.286. The van der Waals surface area contributed by atoms with Crippen LogP contribution in [0.25, 0.3) is 6.08 Å². The Kier molecular flexibility index (Phi) is 6.66. The Morgan fingerprint density at radius 3 is 2.59 bits per heavy atom. The second kappa shape index (κ2) is 9.38. The van der Waals surface area contributed by atoms with E-state index in [4.69, 9.17) is 26.4 Å². The zero-order valence-corrected chi connectivity index (χ0v) is 17.3. The van der Waals surface area contributed by atoms with Gasteiger partial charge in [-0.25, -0.2) is 4.99 Å². The fourth-order valence-corrected chi connectivity index (χ4v) is 3.30. The number of hydrogen-bond acceptors (Lipinski definition) is 5. The van der Waals surface area contributed by atoms with E-state index in [1.807, 2.05) is 36.4 Å². The molecule has 1 aliphatic rings. The predicted molar refractivity (Wildman–Crippen MR) is 115 cm³/mol. The molecule has 2 aromatic carbocycles. The summed E-state index contributed by atoms with van der Waals surface area (Å²) in [6.07, 6.45) is 2.42. The third-order valence-corrected chi connectivity index (χ3v) is 4.80. The number of hydrogen-bond donors (Lipinski definition) is 2. The molecule has 0 fully saturated rings. The summed E-state index contributed by atoms with van der Waals surface area (Å²) >= 11 is 5.33. The van der Waals surface area contributed by atoms with Gasteiger partial charge in [0.1, 0.15) is 22.6 Å². The standard InChI is InChI=1S/C21H23N3O4S/c1-26-15-6-4-5-14(12-15)23-21(29)22-10-9-13-11-16-17(27-2)7-8-18(28-3)19(16)24-20(13)25/h4-8,11-13H,9-10H2,1-3H3,(H2,22,23,29). The minimum absolute atomic E-state index is 0.211. The van der Waals surface area contributed by atoms with Crippen molar-refractivity contribution in [2.24, 2.45) is 10.9 Å². The van der Waals surface area contributed by atoms with Gasteiger partial charge in [0.15, 0.2) is 5.11 Å². The smallest absolute Gasteiger partial charge is 0.253 e. The van der Waals surface area contributed by atoms with E-state index >= 15 is 0 Å². The quantitative estimate of drug-likeness (QED) is 0.668. The second-order valence-electron chi connectivity index (χ2n) is 6.36. The molecule has 7 nitrogen and oxygen atoms in total. The van der Waals surface area contributed by atoms with Gasteiger partial charge in [-0.3, -0.25) is 4.79 Å². The number of methoxy groups -OCH3 is 3. The molecule has 2 aromatic rings. The van der Waals surface area contributed by atoms with Crippen molar-refractivity contribution in [1.29, 1.82) is 0 Å². The molecule has 2 N–H and O–H groups in total. The third-order valence-electron chi connectivity index (χ3n) is 4.56. The number of benzene rings is 2. The highest BCUT2D eigenvalue weighted by atomic mass is 32.1. The molecule has 0 bridgehead atoms. The van der Waals surface area contributed by atoms with Crippen molar-refractivity contribution in [3.8, 4) is 17.2 Å². The van der Waals surface area contributed by atoms with Crippen LogP contribution in [0, 0.1) is 5.92 Å². The fourth-order valence-electron chi connectivity index (χ4n) is 3.08. The summed E-state index contributed by atoms with van der Waals surface area (Å²) in [7, 11) is 4.75. The van der Waals surface area contributed by atoms with Crippen LogP contribution < -0.4 is 35.4 Å². The number of amides is 1. The molecule has 0 saturated heterocycles. The Hall–Kier alpha value is -3.13. The molecule has 1 unspecified atom stereocenters. The lowest BCUT2D eigenvalue weighted by molar-refractivity contribution is -0.120. The Morgan fingerprint density at radius 2 is 1.86 bits per heavy atom. The van der Waals surface area contributed by atoms with E-state index in [9.17, 15) is 4.79 Å². The van der Waals surface area contributed by atoms with Gasteiger partial charge < -0.3 is 24.8 Å². The first-order valence-corrected chi connectivity index (χ1v) is 9.51. The van der Waals surface area contributed by atoms with E-state index in [-0.39, 0.29) is 11.8 Å². The van der Waals surface area contributed by atoms with Crippen molar-refractivity contribution in [3.63, 3.8) is 0 Å². The topological polar surface area (TPSA) is 81.2 Å². The van der Waals surface area contributed by atoms with Gasteiger partial charge in [0.2, 0.25) is 0 Å². The average Bonchev–Trinajstić information content (AvgIpc) is 2.73. The van der Waals surface area contributed by atoms with E-state index in [0.29, 0.717) is 34.9 Å². The molecule has 8 heteroatoms. The van der Waals surface area contributed by atoms with Crippen LogP contribution in [-0.2, 0) is 4.79 Å². The number of rotatable bonds is 7. The molecule has 0 aromatic heterocycles. The van der Waals surface area contributed by atoms with E-state index in [2.05, 4.69) is 15.6 Å². The van der Waals surface area contributed by atoms with Gasteiger partial charge in [-0.2, -0.15) is 0 Å². The molecule has 0 spiro atoms. The Bertz CT molecular complexity index is 1040. The molecule has 1 amide bonds. The lowest BCUT2D eigenvalue weighted by Gasteiger charge is -2.16. The van der Waals surface area contributed by atoms with Crippen LogP contribution >= 0.6 is 12.2 Å². The van der Waals surface area contributed by atoms with Gasteiger partial charge in [0.25, 0.3) is 5.91 Å². The summed E-state index contributed by atoms with van der Waals surface area (Å²) in [5, 5.41) is 7.97. The highest BCUT2D eigenvalue weighted by Crippen LogP contribution is 2.17. The molecule has 3 rings (SSSR count). The van der Waals surface area contributed by atoms with Crippen LogP contribution in [0.3, 0.4) is 0 Å². The SMILES string of the molecule is COc1cccc(NC(=S)NCCC2C=c3c(OC)ccc(OC)c3=NC2=O)c1. The van der Waals surface area contributed by atoms with Crippen LogP contribution in [0.1, 0.15) is 6.42 Å². The Morgan fingerprint density at radius 1 is 1.10 bits per heavy atom. The molecule has 0 saturated carbocycles. The third kappa shape index (κ3) is 4.83. The number of nitrogens with zero attached hydrogens (tertiary/aromatic N) is 1. The minimum atomic E-state index is -0.365. The summed E-state index contributed by atoms with van der Waals surface area (Å²) in [6.45, 7) is 0.514. The molecular weight excluding hydrogens is 390 g/mol. The van der Waals surface area contributed by atoms with E-state index in [1.165, 1.54) is 0 Å². The van der Waals surface area contributed by atoms with Gasteiger partial charge in [-0.05, 0) is 42.9 Å². The van der Waals surface area contributed by atoms with E-state index in [0.717, 1.165) is 16.7 Å². The zero-order valence-electron chi connectivity index (χ0n) is 16.5. The monoisotopic (exact) mass is 413 g/mol. The highest BCUT2D eigenvalue weighted by molar-refractivity contribution is 7.80. The predicted octanol–water partition coefficient (Wildman–Crippen LogP) is 1.65. The van der Waals surface area contributed by atoms with Gasteiger partial charge in [-0.1, -0.05) is 12.1 Å². The number of ether oxygens (including phenoxy) is 3. The summed E-state index contributed by atoms with van der Waals surface area (Å²) in [4.78, 5) is 16.7. The Balaban J connectivity index is 1.65. The number of fused-ring (bicyclic) bond motifs is 1. The number of carbonyl (C=O) groups excluding carboxylic acids is 1. The first-order valence-electron chi connectivity index (χ1n) is 9.10. The molecule has 29 heavy (non-hydrogen) atoms. The lowest BCUT2D eigenvalue weighted by Crippen LogP contribution is -2.37. The summed E-state index contributed by atoms with van der Waals surface area (Å²) in [6, 6.07) is 11.0. The van der Waals surface area contributed by atoms with Crippen LogP contribution in [0.4, 0.5) is 5.69 Å². The summed E-state index contributed by atoms with van der Waals surface area (Å²) in [5.74, 6) is 1.37. The normalized spacial score (nSPS) is 14.7. The summed E-state index contributed by atoms with van der Waals surface area (Å²) < 4.78 is 15.9. The highest BCUT2D eigenvalue weighted by Gasteiger charge is 2.21. The van der Waals surface area contributed by atoms with Gasteiger partial charge in [0, 0.05) is 23.5 Å². The molecule has 1 atom stereocenters. The lowest BCUT2D eigenvalue weighted by atomic mass is 9.99. The Labute approximate surface area is 174 Å². The van der Waals surface area contributed by atoms with Crippen molar-refractivity contribution in [1.82, 2.24) is 5.32 Å². The van der Waals surface area contributed by atoms with E-state index in [1.54, 1.807) is 27.4 Å². The van der Waals surface area contributed by atoms with Gasteiger partial charge >= 0.3 is 0 Å². The van der Waals surface area contributed by atoms with Crippen molar-refractivity contribution >= 4 is 35.0 Å². The van der Waals surface area contributed by atoms with Crippen LogP contribution in [0.5, 0.6) is 17.2 Å². The van der Waals surface area contributed by atoms with Gasteiger partial charge in [-0.15, -0.1) is 0 Å². The number of thiocarbonyl (C=S) groups is 1. The van der Waals surface area contributed by atoms with Crippen molar-refractivity contribution in [2.75, 3.05) is 33.2 Å². The largest absolute Gasteiger partial charge is 0.497 e. The number of carbonyl (C=O) groups is 1. The maximum atomic E-state index is 12.5.